The summed E-state index contributed by atoms with van der Waals surface area (Å²) in [5.74, 6) is -1.20. The molecule has 2 aliphatic heterocycles. The summed E-state index contributed by atoms with van der Waals surface area (Å²) in [5.41, 5.74) is 4.99. The quantitative estimate of drug-likeness (QED) is 0.467. The van der Waals surface area contributed by atoms with Crippen LogP contribution in [-0.2, 0) is 40.8 Å². The number of hydrogen-bond acceptors (Lipinski definition) is 5. The number of nitrogens with one attached hydrogen (secondary N) is 2. The number of hydrogen-bond donors (Lipinski definition) is 3. The molecular formula is C25H23FN4O4. The van der Waals surface area contributed by atoms with Crippen molar-refractivity contribution in [1.82, 2.24) is 14.9 Å². The fourth-order valence-corrected chi connectivity index (χ4v) is 4.37. The molecule has 1 amide bonds. The number of carbonyl (C=O) groups is 2. The van der Waals surface area contributed by atoms with Gasteiger partial charge in [-0.15, -0.1) is 0 Å². The molecule has 0 aliphatic carbocycles. The second kappa shape index (κ2) is 8.75. The lowest BCUT2D eigenvalue weighted by atomic mass is 9.98. The largest absolute Gasteiger partial charge is 0.487 e. The van der Waals surface area contributed by atoms with Crippen molar-refractivity contribution >= 4 is 28.9 Å². The van der Waals surface area contributed by atoms with E-state index in [0.717, 1.165) is 22.4 Å². The predicted molar refractivity (Wildman–Crippen MR) is 123 cm³/mol. The maximum absolute atomic E-state index is 13.8. The van der Waals surface area contributed by atoms with E-state index in [4.69, 9.17) is 4.74 Å². The van der Waals surface area contributed by atoms with Gasteiger partial charge >= 0.3 is 5.97 Å². The lowest BCUT2D eigenvalue weighted by molar-refractivity contribution is -0.139. The summed E-state index contributed by atoms with van der Waals surface area (Å²) >= 11 is 0. The Kier molecular flexibility index (Phi) is 5.62. The zero-order chi connectivity index (χ0) is 23.8. The summed E-state index contributed by atoms with van der Waals surface area (Å²) in [4.78, 5) is 28.3. The summed E-state index contributed by atoms with van der Waals surface area (Å²) in [6.07, 6.45) is 4.28. The van der Waals surface area contributed by atoms with Crippen LogP contribution >= 0.6 is 0 Å². The number of halogens is 1. The first-order chi connectivity index (χ1) is 16.4. The Balaban J connectivity index is 1.30. The molecule has 2 aliphatic rings. The van der Waals surface area contributed by atoms with Crippen molar-refractivity contribution < 1.29 is 23.8 Å². The van der Waals surface area contributed by atoms with Crippen molar-refractivity contribution in [3.63, 3.8) is 0 Å². The molecule has 34 heavy (non-hydrogen) atoms. The van der Waals surface area contributed by atoms with Gasteiger partial charge in [-0.05, 0) is 36.7 Å². The van der Waals surface area contributed by atoms with E-state index in [-0.39, 0.29) is 5.91 Å². The van der Waals surface area contributed by atoms with Gasteiger partial charge in [0, 0.05) is 47.7 Å². The first-order valence-corrected chi connectivity index (χ1v) is 10.9. The van der Waals surface area contributed by atoms with Crippen LogP contribution in [0, 0.1) is 5.82 Å². The molecule has 2 aromatic carbocycles. The maximum Gasteiger partial charge on any atom is 0.321 e. The second-order valence-corrected chi connectivity index (χ2v) is 8.42. The highest BCUT2D eigenvalue weighted by Crippen LogP contribution is 2.41. The zero-order valence-corrected chi connectivity index (χ0v) is 18.5. The molecule has 8 nitrogen and oxygen atoms in total. The van der Waals surface area contributed by atoms with Crippen LogP contribution in [0.1, 0.15) is 27.9 Å². The molecule has 0 spiro atoms. The predicted octanol–water partition coefficient (Wildman–Crippen LogP) is 2.74. The van der Waals surface area contributed by atoms with Crippen LogP contribution < -0.4 is 10.6 Å². The molecule has 0 radical (unpaired) electrons. The molecule has 3 N–H and O–H groups in total. The maximum atomic E-state index is 13.8. The van der Waals surface area contributed by atoms with Crippen LogP contribution in [0.15, 0.2) is 48.9 Å². The van der Waals surface area contributed by atoms with Gasteiger partial charge in [-0.3, -0.25) is 9.59 Å². The lowest BCUT2D eigenvalue weighted by Crippen LogP contribution is -2.40. The number of imidazole rings is 1. The van der Waals surface area contributed by atoms with Crippen LogP contribution in [0.4, 0.5) is 10.1 Å². The Labute approximate surface area is 195 Å². The van der Waals surface area contributed by atoms with E-state index in [2.05, 4.69) is 15.6 Å². The van der Waals surface area contributed by atoms with E-state index in [9.17, 15) is 19.1 Å². The highest BCUT2D eigenvalue weighted by Gasteiger charge is 2.32. The number of ether oxygens (including phenoxy) is 1. The third kappa shape index (κ3) is 4.06. The number of amides is 1. The van der Waals surface area contributed by atoms with E-state index in [1.807, 2.05) is 29.8 Å². The molecule has 3 aromatic rings. The van der Waals surface area contributed by atoms with Crippen LogP contribution in [0.3, 0.4) is 0 Å². The lowest BCUT2D eigenvalue weighted by Gasteiger charge is -2.15. The summed E-state index contributed by atoms with van der Waals surface area (Å²) in [7, 11) is 1.84. The fraction of sp³-hybridized carbons (Fsp3) is 0.240. The molecule has 1 aromatic heterocycles. The number of benzene rings is 2. The molecule has 0 saturated carbocycles. The summed E-state index contributed by atoms with van der Waals surface area (Å²) in [6, 6.07) is 9.30. The number of rotatable bonds is 7. The monoisotopic (exact) mass is 462 g/mol. The molecule has 1 atom stereocenters. The minimum absolute atomic E-state index is 0.311. The molecule has 9 heteroatoms. The van der Waals surface area contributed by atoms with Crippen LogP contribution in [0.25, 0.3) is 11.3 Å². The standard InChI is InChI=1S/C25H23FN4O4/c1-30-13-27-11-17(30)10-21(25(32)33)28-7-6-14-2-4-18-15(8-14)12-34-23(18)22-19-9-16(26)3-5-20(19)29-24(22)31/h2-5,8-9,11,13,21,28H,6-7,10,12H2,1H3,(H,29,31)(H,32,33)/t21-/m0/s1. The molecule has 3 heterocycles. The van der Waals surface area contributed by atoms with Gasteiger partial charge in [0.25, 0.3) is 5.91 Å². The number of nitrogens with zero attached hydrogens (tertiary/aromatic N) is 2. The normalized spacial score (nSPS) is 17.2. The van der Waals surface area contributed by atoms with Crippen LogP contribution in [0.2, 0.25) is 0 Å². The number of carbonyl (C=O) groups excluding carboxylic acids is 1. The first kappa shape index (κ1) is 21.8. The van der Waals surface area contributed by atoms with Crippen molar-refractivity contribution in [2.45, 2.75) is 25.5 Å². The number of aliphatic carboxylic acids is 1. The summed E-state index contributed by atoms with van der Waals surface area (Å²) < 4.78 is 21.5. The minimum atomic E-state index is -0.911. The molecule has 0 fully saturated rings. The third-order valence-electron chi connectivity index (χ3n) is 6.17. The summed E-state index contributed by atoms with van der Waals surface area (Å²) in [5, 5.41) is 15.4. The second-order valence-electron chi connectivity index (χ2n) is 8.42. The van der Waals surface area contributed by atoms with E-state index in [1.54, 1.807) is 18.6 Å². The molecule has 0 unspecified atom stereocenters. The molecule has 5 rings (SSSR count). The smallest absolute Gasteiger partial charge is 0.321 e. The van der Waals surface area contributed by atoms with Crippen molar-refractivity contribution in [3.05, 3.63) is 82.7 Å². The number of carboxylic acids is 1. The Morgan fingerprint density at radius 2 is 2.15 bits per heavy atom. The van der Waals surface area contributed by atoms with Crippen LogP contribution in [0.5, 0.6) is 0 Å². The van der Waals surface area contributed by atoms with E-state index in [1.165, 1.54) is 12.1 Å². The third-order valence-corrected chi connectivity index (χ3v) is 6.17. The van der Waals surface area contributed by atoms with Crippen LogP contribution in [-0.4, -0.2) is 39.1 Å². The Bertz CT molecular complexity index is 1330. The fourth-order valence-electron chi connectivity index (χ4n) is 4.37. The number of carboxylic acid groups (broad SMARTS) is 1. The van der Waals surface area contributed by atoms with E-state index in [0.29, 0.717) is 48.6 Å². The number of aryl methyl sites for hydroxylation is 1. The average molecular weight is 462 g/mol. The minimum Gasteiger partial charge on any atom is -0.487 e. The molecule has 0 saturated heterocycles. The van der Waals surface area contributed by atoms with Crippen molar-refractivity contribution in [1.29, 1.82) is 0 Å². The van der Waals surface area contributed by atoms with E-state index >= 15 is 0 Å². The van der Waals surface area contributed by atoms with Crippen molar-refractivity contribution in [2.75, 3.05) is 11.9 Å². The Morgan fingerprint density at radius 1 is 1.29 bits per heavy atom. The van der Waals surface area contributed by atoms with Gasteiger partial charge in [0.05, 0.1) is 11.9 Å². The van der Waals surface area contributed by atoms with Gasteiger partial charge in [-0.2, -0.15) is 0 Å². The number of aromatic nitrogens is 2. The zero-order valence-electron chi connectivity index (χ0n) is 18.5. The van der Waals surface area contributed by atoms with E-state index < -0.39 is 17.8 Å². The highest BCUT2D eigenvalue weighted by molar-refractivity contribution is 6.36. The summed E-state index contributed by atoms with van der Waals surface area (Å²) in [6.45, 7) is 0.795. The number of anilines is 1. The molecular weight excluding hydrogens is 439 g/mol. The van der Waals surface area contributed by atoms with Gasteiger partial charge in [0.15, 0.2) is 0 Å². The van der Waals surface area contributed by atoms with Gasteiger partial charge in [0.2, 0.25) is 0 Å². The molecule has 0 bridgehead atoms. The van der Waals surface area contributed by atoms with Gasteiger partial charge in [-0.25, -0.2) is 9.37 Å². The van der Waals surface area contributed by atoms with Gasteiger partial charge < -0.3 is 25.0 Å². The Morgan fingerprint density at radius 3 is 2.91 bits per heavy atom. The van der Waals surface area contributed by atoms with Gasteiger partial charge in [0.1, 0.15) is 24.2 Å². The average Bonchev–Trinajstić information content (AvgIpc) is 3.49. The molecule has 174 valence electrons. The van der Waals surface area contributed by atoms with Crippen molar-refractivity contribution in [3.8, 4) is 0 Å². The topological polar surface area (TPSA) is 105 Å². The van der Waals surface area contributed by atoms with Crippen molar-refractivity contribution in [2.24, 2.45) is 7.05 Å². The Hall–Kier alpha value is -3.98. The number of fused-ring (bicyclic) bond motifs is 2. The van der Waals surface area contributed by atoms with Gasteiger partial charge in [-0.1, -0.05) is 18.2 Å². The SMILES string of the molecule is Cn1cncc1C[C@H](NCCc1ccc2c(c1)COC2=C1C(=O)Nc2ccc(F)cc21)C(=O)O. The highest BCUT2D eigenvalue weighted by atomic mass is 19.1. The first-order valence-electron chi connectivity index (χ1n) is 10.9.